The lowest BCUT2D eigenvalue weighted by molar-refractivity contribution is 0.243. The predicted octanol–water partition coefficient (Wildman–Crippen LogP) is 4.42. The van der Waals surface area contributed by atoms with Crippen LogP contribution in [0.25, 0.3) is 11.5 Å². The number of nitrogens with one attached hydrogen (secondary N) is 2. The number of halogens is 1. The van der Waals surface area contributed by atoms with Crippen molar-refractivity contribution in [3.05, 3.63) is 65.7 Å². The number of carbonyl (C=O) groups excluding carboxylic acids is 1. The van der Waals surface area contributed by atoms with Gasteiger partial charge in [-0.1, -0.05) is 31.1 Å². The van der Waals surface area contributed by atoms with Gasteiger partial charge in [0.2, 0.25) is 0 Å². The molecule has 0 aliphatic rings. The normalized spacial score (nSPS) is 12.2. The fraction of sp³-hybridized carbons (Fsp3) is 0.318. The van der Waals surface area contributed by atoms with E-state index in [0.29, 0.717) is 23.9 Å². The Morgan fingerprint density at radius 3 is 2.50 bits per heavy atom. The lowest BCUT2D eigenvalue weighted by Gasteiger charge is -2.25. The van der Waals surface area contributed by atoms with Crippen LogP contribution in [0.4, 0.5) is 14.9 Å². The first-order chi connectivity index (χ1) is 14.3. The summed E-state index contributed by atoms with van der Waals surface area (Å²) in [7, 11) is 3.77. The molecule has 1 atom stereocenters. The lowest BCUT2D eigenvalue weighted by Crippen LogP contribution is -2.36. The number of hydrogen-bond acceptors (Lipinski definition) is 5. The summed E-state index contributed by atoms with van der Waals surface area (Å²) in [4.78, 5) is 18.6. The number of hydrogen-bond donors (Lipinski definition) is 2. The Kier molecular flexibility index (Phi) is 6.79. The summed E-state index contributed by atoms with van der Waals surface area (Å²) in [6, 6.07) is 13.0. The molecule has 3 aromatic rings. The quantitative estimate of drug-likeness (QED) is 0.601. The summed E-state index contributed by atoms with van der Waals surface area (Å²) >= 11 is 0. The average Bonchev–Trinajstić information content (AvgIpc) is 3.19. The first-order valence-corrected chi connectivity index (χ1v) is 9.74. The van der Waals surface area contributed by atoms with Gasteiger partial charge in [-0.2, -0.15) is 4.98 Å². The van der Waals surface area contributed by atoms with Gasteiger partial charge in [-0.05, 0) is 56.1 Å². The van der Waals surface area contributed by atoms with E-state index >= 15 is 0 Å². The SMILES string of the molecule is CC(C)c1noc(-c2ccc(NC(=O)NCC(c3cccc(F)c3)N(C)C)cc2)n1. The molecule has 0 aliphatic carbocycles. The molecule has 1 aromatic heterocycles. The van der Waals surface area contributed by atoms with Crippen molar-refractivity contribution < 1.29 is 13.7 Å². The van der Waals surface area contributed by atoms with Crippen LogP contribution in [0.1, 0.15) is 37.2 Å². The molecule has 2 aromatic carbocycles. The van der Waals surface area contributed by atoms with Crippen LogP contribution in [0.2, 0.25) is 0 Å². The Bertz CT molecular complexity index is 985. The molecule has 0 fully saturated rings. The second kappa shape index (κ2) is 9.49. The molecular weight excluding hydrogens is 385 g/mol. The monoisotopic (exact) mass is 411 g/mol. The third kappa shape index (κ3) is 5.42. The van der Waals surface area contributed by atoms with Gasteiger partial charge in [0, 0.05) is 23.7 Å². The Morgan fingerprint density at radius 2 is 1.90 bits per heavy atom. The minimum atomic E-state index is -0.342. The van der Waals surface area contributed by atoms with Crippen LogP contribution in [0, 0.1) is 5.82 Å². The molecular formula is C22H26FN5O2. The van der Waals surface area contributed by atoms with Crippen LogP contribution in [0.15, 0.2) is 53.1 Å². The van der Waals surface area contributed by atoms with Crippen LogP contribution in [0.3, 0.4) is 0 Å². The molecule has 0 radical (unpaired) electrons. The van der Waals surface area contributed by atoms with Crippen molar-refractivity contribution in [3.63, 3.8) is 0 Å². The summed E-state index contributed by atoms with van der Waals surface area (Å²) in [5.41, 5.74) is 2.20. The molecule has 1 heterocycles. The molecule has 0 aliphatic heterocycles. The van der Waals surface area contributed by atoms with Crippen LogP contribution in [-0.2, 0) is 0 Å². The first-order valence-electron chi connectivity index (χ1n) is 9.74. The molecule has 0 spiro atoms. The zero-order valence-corrected chi connectivity index (χ0v) is 17.5. The van der Waals surface area contributed by atoms with Crippen molar-refractivity contribution in [1.82, 2.24) is 20.4 Å². The van der Waals surface area contributed by atoms with Gasteiger partial charge >= 0.3 is 6.03 Å². The zero-order chi connectivity index (χ0) is 21.7. The summed E-state index contributed by atoms with van der Waals surface area (Å²) in [5.74, 6) is 0.982. The standard InChI is InChI=1S/C22H26FN5O2/c1-14(2)20-26-21(30-27-20)15-8-10-18(11-9-15)25-22(29)24-13-19(28(3)4)16-6-5-7-17(23)12-16/h5-12,14,19H,13H2,1-4H3,(H2,24,25,29). The highest BCUT2D eigenvalue weighted by Crippen LogP contribution is 2.22. The highest BCUT2D eigenvalue weighted by molar-refractivity contribution is 5.89. The van der Waals surface area contributed by atoms with E-state index in [9.17, 15) is 9.18 Å². The van der Waals surface area contributed by atoms with Gasteiger partial charge in [-0.3, -0.25) is 0 Å². The molecule has 0 bridgehead atoms. The Balaban J connectivity index is 1.58. The van der Waals surface area contributed by atoms with Crippen molar-refractivity contribution >= 4 is 11.7 Å². The zero-order valence-electron chi connectivity index (χ0n) is 17.5. The van der Waals surface area contributed by atoms with Crippen LogP contribution < -0.4 is 10.6 Å². The minimum Gasteiger partial charge on any atom is -0.336 e. The van der Waals surface area contributed by atoms with E-state index in [0.717, 1.165) is 11.1 Å². The van der Waals surface area contributed by atoms with E-state index in [4.69, 9.17) is 4.52 Å². The van der Waals surface area contributed by atoms with Gasteiger partial charge in [0.25, 0.3) is 5.89 Å². The summed E-state index contributed by atoms with van der Waals surface area (Å²) < 4.78 is 18.8. The fourth-order valence-corrected chi connectivity index (χ4v) is 2.96. The Hall–Kier alpha value is -3.26. The highest BCUT2D eigenvalue weighted by Gasteiger charge is 2.16. The van der Waals surface area contributed by atoms with Crippen molar-refractivity contribution in [1.29, 1.82) is 0 Å². The molecule has 1 unspecified atom stereocenters. The van der Waals surface area contributed by atoms with Gasteiger partial charge < -0.3 is 20.1 Å². The fourth-order valence-electron chi connectivity index (χ4n) is 2.96. The number of likely N-dealkylation sites (N-methyl/N-ethyl adjacent to an activating group) is 1. The van der Waals surface area contributed by atoms with Gasteiger partial charge in [0.05, 0.1) is 6.04 Å². The van der Waals surface area contributed by atoms with Crippen LogP contribution in [0.5, 0.6) is 0 Å². The third-order valence-electron chi connectivity index (χ3n) is 4.66. The summed E-state index contributed by atoms with van der Waals surface area (Å²) in [5, 5.41) is 9.58. The lowest BCUT2D eigenvalue weighted by atomic mass is 10.1. The summed E-state index contributed by atoms with van der Waals surface area (Å²) in [6.45, 7) is 4.32. The molecule has 0 saturated heterocycles. The van der Waals surface area contributed by atoms with Crippen molar-refractivity contribution in [3.8, 4) is 11.5 Å². The first kappa shape index (κ1) is 21.4. The van der Waals surface area contributed by atoms with Crippen LogP contribution >= 0.6 is 0 Å². The van der Waals surface area contributed by atoms with E-state index in [2.05, 4.69) is 20.8 Å². The minimum absolute atomic E-state index is 0.151. The number of carbonyl (C=O) groups is 1. The molecule has 30 heavy (non-hydrogen) atoms. The molecule has 8 heteroatoms. The van der Waals surface area contributed by atoms with E-state index in [1.54, 1.807) is 18.2 Å². The smallest absolute Gasteiger partial charge is 0.319 e. The number of urea groups is 1. The number of anilines is 1. The maximum atomic E-state index is 13.5. The molecule has 2 N–H and O–H groups in total. The van der Waals surface area contributed by atoms with Gasteiger partial charge in [-0.15, -0.1) is 0 Å². The van der Waals surface area contributed by atoms with Crippen LogP contribution in [-0.4, -0.2) is 41.7 Å². The average molecular weight is 411 g/mol. The summed E-state index contributed by atoms with van der Waals surface area (Å²) in [6.07, 6.45) is 0. The number of rotatable bonds is 7. The molecule has 3 rings (SSSR count). The Labute approximate surface area is 175 Å². The van der Waals surface area contributed by atoms with E-state index < -0.39 is 0 Å². The van der Waals surface area contributed by atoms with E-state index in [1.807, 2.05) is 51.0 Å². The third-order valence-corrected chi connectivity index (χ3v) is 4.66. The van der Waals surface area contributed by atoms with Gasteiger partial charge in [0.15, 0.2) is 5.82 Å². The second-order valence-electron chi connectivity index (χ2n) is 7.56. The van der Waals surface area contributed by atoms with E-state index in [-0.39, 0.29) is 23.8 Å². The number of aromatic nitrogens is 2. The number of benzene rings is 2. The topological polar surface area (TPSA) is 83.3 Å². The molecule has 2 amide bonds. The Morgan fingerprint density at radius 1 is 1.17 bits per heavy atom. The maximum absolute atomic E-state index is 13.5. The predicted molar refractivity (Wildman–Crippen MR) is 114 cm³/mol. The van der Waals surface area contributed by atoms with Crippen molar-refractivity contribution in [2.24, 2.45) is 0 Å². The van der Waals surface area contributed by atoms with Crippen molar-refractivity contribution in [2.75, 3.05) is 26.0 Å². The molecule has 0 saturated carbocycles. The highest BCUT2D eigenvalue weighted by atomic mass is 19.1. The molecule has 158 valence electrons. The van der Waals surface area contributed by atoms with Gasteiger partial charge in [0.1, 0.15) is 5.82 Å². The largest absolute Gasteiger partial charge is 0.336 e. The number of nitrogens with zero attached hydrogens (tertiary/aromatic N) is 3. The maximum Gasteiger partial charge on any atom is 0.319 e. The molecule has 7 nitrogen and oxygen atoms in total. The number of amides is 2. The second-order valence-corrected chi connectivity index (χ2v) is 7.56. The van der Waals surface area contributed by atoms with E-state index in [1.165, 1.54) is 12.1 Å². The van der Waals surface area contributed by atoms with Gasteiger partial charge in [-0.25, -0.2) is 9.18 Å². The van der Waals surface area contributed by atoms with Crippen molar-refractivity contribution in [2.45, 2.75) is 25.8 Å².